The molecule has 1 saturated heterocycles. The lowest BCUT2D eigenvalue weighted by Gasteiger charge is -2.38. The Balaban J connectivity index is 2.08. The number of primary amides is 1. The molecule has 3 amide bonds. The fourth-order valence-electron chi connectivity index (χ4n) is 3.66. The Kier molecular flexibility index (Phi) is 5.38. The van der Waals surface area contributed by atoms with Crippen LogP contribution in [-0.2, 0) is 4.79 Å². The first-order valence-corrected chi connectivity index (χ1v) is 8.45. The molecule has 0 aromatic heterocycles. The Bertz CT molecular complexity index is 625. The predicted molar refractivity (Wildman–Crippen MR) is 95.0 cm³/mol. The zero-order chi connectivity index (χ0) is 17.9. The number of amides is 3. The summed E-state index contributed by atoms with van der Waals surface area (Å²) in [6, 6.07) is -0.994. The average Bonchev–Trinajstić information content (AvgIpc) is 2.52. The van der Waals surface area contributed by atoms with E-state index >= 15 is 0 Å². The van der Waals surface area contributed by atoms with Gasteiger partial charge in [0.15, 0.2) is 0 Å². The number of rotatable bonds is 2. The lowest BCUT2D eigenvalue weighted by atomic mass is 9.72. The molecule has 24 heavy (non-hydrogen) atoms. The smallest absolute Gasteiger partial charge is 0.315 e. The molecule has 130 valence electrons. The number of nitrogens with two attached hydrogens (primary N) is 1. The minimum absolute atomic E-state index is 0.0685. The van der Waals surface area contributed by atoms with Gasteiger partial charge in [0.05, 0.1) is 6.54 Å². The molecule has 5 heteroatoms. The molecule has 1 aliphatic carbocycles. The number of carbonyl (C=O) groups is 2. The highest BCUT2D eigenvalue weighted by Gasteiger charge is 2.30. The van der Waals surface area contributed by atoms with E-state index < -0.39 is 12.1 Å². The van der Waals surface area contributed by atoms with Gasteiger partial charge >= 0.3 is 6.03 Å². The predicted octanol–water partition coefficient (Wildman–Crippen LogP) is 2.29. The molecule has 2 aliphatic rings. The van der Waals surface area contributed by atoms with Crippen molar-refractivity contribution < 1.29 is 9.59 Å². The first-order valence-electron chi connectivity index (χ1n) is 8.45. The maximum Gasteiger partial charge on any atom is 0.315 e. The van der Waals surface area contributed by atoms with E-state index in [0.29, 0.717) is 19.6 Å². The van der Waals surface area contributed by atoms with E-state index in [4.69, 9.17) is 12.2 Å². The van der Waals surface area contributed by atoms with Crippen molar-refractivity contribution in [3.05, 3.63) is 23.3 Å². The molecule has 1 aliphatic heterocycles. The first-order chi connectivity index (χ1) is 11.3. The SMILES string of the molecule is C#CC1CN(C(=O)/C=C/C2=C(C)CCCC2(C)C)CCN1C(N)=O. The second-order valence-electron chi connectivity index (χ2n) is 7.26. The summed E-state index contributed by atoms with van der Waals surface area (Å²) in [7, 11) is 0. The molecule has 0 saturated carbocycles. The van der Waals surface area contributed by atoms with Gasteiger partial charge in [0, 0.05) is 19.2 Å². The summed E-state index contributed by atoms with van der Waals surface area (Å²) < 4.78 is 0. The molecule has 0 aromatic rings. The van der Waals surface area contributed by atoms with Gasteiger partial charge in [0.2, 0.25) is 5.91 Å². The summed E-state index contributed by atoms with van der Waals surface area (Å²) in [4.78, 5) is 27.0. The van der Waals surface area contributed by atoms with E-state index in [2.05, 4.69) is 26.7 Å². The highest BCUT2D eigenvalue weighted by atomic mass is 16.2. The fraction of sp³-hybridized carbons (Fsp3) is 0.579. The lowest BCUT2D eigenvalue weighted by molar-refractivity contribution is -0.127. The van der Waals surface area contributed by atoms with Crippen LogP contribution in [0.1, 0.15) is 40.0 Å². The molecule has 1 heterocycles. The van der Waals surface area contributed by atoms with Gasteiger partial charge in [-0.05, 0) is 37.2 Å². The van der Waals surface area contributed by atoms with E-state index in [-0.39, 0.29) is 11.3 Å². The van der Waals surface area contributed by atoms with Gasteiger partial charge in [-0.3, -0.25) is 4.79 Å². The van der Waals surface area contributed by atoms with E-state index in [0.717, 1.165) is 12.8 Å². The Morgan fingerprint density at radius 1 is 1.38 bits per heavy atom. The standard InChI is InChI=1S/C19H27N3O2/c1-5-15-13-21(11-12-22(15)18(20)24)17(23)9-8-16-14(2)7-6-10-19(16,3)4/h1,8-9,15H,6-7,10-13H2,2-4H3,(H2,20,24)/b9-8+. The van der Waals surface area contributed by atoms with Gasteiger partial charge in [-0.15, -0.1) is 6.42 Å². The minimum Gasteiger partial charge on any atom is -0.351 e. The molecule has 0 aromatic carbocycles. The molecule has 0 radical (unpaired) electrons. The van der Waals surface area contributed by atoms with Crippen molar-refractivity contribution in [1.82, 2.24) is 9.80 Å². The normalized spacial score (nSPS) is 24.2. The summed E-state index contributed by atoms with van der Waals surface area (Å²) in [6.07, 6.45) is 12.5. The van der Waals surface area contributed by atoms with Crippen LogP contribution in [0.15, 0.2) is 23.3 Å². The van der Waals surface area contributed by atoms with Crippen molar-refractivity contribution in [1.29, 1.82) is 0 Å². The summed E-state index contributed by atoms with van der Waals surface area (Å²) in [5.41, 5.74) is 8.04. The largest absolute Gasteiger partial charge is 0.351 e. The minimum atomic E-state index is -0.537. The van der Waals surface area contributed by atoms with Crippen LogP contribution in [-0.4, -0.2) is 47.4 Å². The molecule has 0 bridgehead atoms. The average molecular weight is 329 g/mol. The Hall–Kier alpha value is -2.22. The molecule has 0 spiro atoms. The zero-order valence-electron chi connectivity index (χ0n) is 14.8. The van der Waals surface area contributed by atoms with Crippen LogP contribution in [0.4, 0.5) is 4.79 Å². The van der Waals surface area contributed by atoms with Crippen LogP contribution >= 0.6 is 0 Å². The van der Waals surface area contributed by atoms with Gasteiger partial charge < -0.3 is 15.5 Å². The topological polar surface area (TPSA) is 66.6 Å². The molecule has 5 nitrogen and oxygen atoms in total. The third-order valence-electron chi connectivity index (χ3n) is 5.10. The van der Waals surface area contributed by atoms with Crippen molar-refractivity contribution >= 4 is 11.9 Å². The third-order valence-corrected chi connectivity index (χ3v) is 5.10. The molecule has 1 unspecified atom stereocenters. The van der Waals surface area contributed by atoms with Gasteiger partial charge in [0.25, 0.3) is 0 Å². The molecule has 1 atom stereocenters. The second-order valence-corrected chi connectivity index (χ2v) is 7.26. The highest BCUT2D eigenvalue weighted by Crippen LogP contribution is 2.40. The Morgan fingerprint density at radius 3 is 2.67 bits per heavy atom. The number of terminal acetylenes is 1. The van der Waals surface area contributed by atoms with Crippen molar-refractivity contribution in [3.63, 3.8) is 0 Å². The Labute approximate surface area is 144 Å². The van der Waals surface area contributed by atoms with E-state index in [9.17, 15) is 9.59 Å². The van der Waals surface area contributed by atoms with Crippen LogP contribution in [0.2, 0.25) is 0 Å². The number of urea groups is 1. The number of allylic oxidation sites excluding steroid dienone is 3. The maximum atomic E-state index is 12.5. The van der Waals surface area contributed by atoms with Gasteiger partial charge in [-0.25, -0.2) is 4.79 Å². The van der Waals surface area contributed by atoms with Gasteiger partial charge in [-0.2, -0.15) is 0 Å². The highest BCUT2D eigenvalue weighted by molar-refractivity contribution is 5.88. The maximum absolute atomic E-state index is 12.5. The molecular formula is C19H27N3O2. The molecule has 2 rings (SSSR count). The monoisotopic (exact) mass is 329 g/mol. The van der Waals surface area contributed by atoms with Crippen LogP contribution in [0, 0.1) is 17.8 Å². The van der Waals surface area contributed by atoms with E-state index in [1.807, 2.05) is 6.08 Å². The fourth-order valence-corrected chi connectivity index (χ4v) is 3.66. The van der Waals surface area contributed by atoms with Crippen LogP contribution in [0.3, 0.4) is 0 Å². The first kappa shape index (κ1) is 18.1. The molecular weight excluding hydrogens is 302 g/mol. The number of nitrogens with zero attached hydrogens (tertiary/aromatic N) is 2. The van der Waals surface area contributed by atoms with Gasteiger partial charge in [0.1, 0.15) is 6.04 Å². The van der Waals surface area contributed by atoms with Crippen molar-refractivity contribution in [3.8, 4) is 12.3 Å². The number of hydrogen-bond donors (Lipinski definition) is 1. The lowest BCUT2D eigenvalue weighted by Crippen LogP contribution is -2.57. The number of piperazine rings is 1. The van der Waals surface area contributed by atoms with Crippen LogP contribution in [0.25, 0.3) is 0 Å². The quantitative estimate of drug-likeness (QED) is 0.624. The number of carbonyl (C=O) groups excluding carboxylic acids is 2. The van der Waals surface area contributed by atoms with E-state index in [1.54, 1.807) is 11.0 Å². The van der Waals surface area contributed by atoms with Crippen molar-refractivity contribution in [2.24, 2.45) is 11.1 Å². The summed E-state index contributed by atoms with van der Waals surface area (Å²) in [6.45, 7) is 7.73. The summed E-state index contributed by atoms with van der Waals surface area (Å²) in [5.74, 6) is 2.48. The van der Waals surface area contributed by atoms with Crippen molar-refractivity contribution in [2.75, 3.05) is 19.6 Å². The second kappa shape index (κ2) is 7.12. The summed E-state index contributed by atoms with van der Waals surface area (Å²) in [5, 5.41) is 0. The third kappa shape index (κ3) is 3.81. The van der Waals surface area contributed by atoms with Gasteiger partial charge in [-0.1, -0.05) is 31.4 Å². The Morgan fingerprint density at radius 2 is 2.08 bits per heavy atom. The summed E-state index contributed by atoms with van der Waals surface area (Å²) >= 11 is 0. The van der Waals surface area contributed by atoms with Crippen molar-refractivity contribution in [2.45, 2.75) is 46.1 Å². The van der Waals surface area contributed by atoms with Crippen LogP contribution in [0.5, 0.6) is 0 Å². The molecule has 1 fully saturated rings. The van der Waals surface area contributed by atoms with Crippen LogP contribution < -0.4 is 5.73 Å². The molecule has 2 N–H and O–H groups in total. The zero-order valence-corrected chi connectivity index (χ0v) is 14.8. The number of hydrogen-bond acceptors (Lipinski definition) is 2. The van der Waals surface area contributed by atoms with E-state index in [1.165, 1.54) is 22.5 Å².